The highest BCUT2D eigenvalue weighted by molar-refractivity contribution is 5.87. The largest absolute Gasteiger partial charge is 0.395 e. The van der Waals surface area contributed by atoms with Crippen molar-refractivity contribution in [3.8, 4) is 0 Å². The van der Waals surface area contributed by atoms with Gasteiger partial charge in [-0.1, -0.05) is 0 Å². The van der Waals surface area contributed by atoms with Gasteiger partial charge in [0.1, 0.15) is 11.8 Å². The van der Waals surface area contributed by atoms with Crippen molar-refractivity contribution < 1.29 is 10.2 Å². The van der Waals surface area contributed by atoms with Gasteiger partial charge in [0, 0.05) is 17.8 Å². The SMILES string of the molecule is Nc1ncnc2c(C3C[C@H](O)C(CO)N3)c[nH]c12. The number of nitrogens with two attached hydrogens (primary N) is 1. The summed E-state index contributed by atoms with van der Waals surface area (Å²) < 4.78 is 0. The Balaban J connectivity index is 1.99. The number of hydrogen-bond donors (Lipinski definition) is 5. The monoisotopic (exact) mass is 249 g/mol. The second-order valence-electron chi connectivity index (χ2n) is 4.54. The summed E-state index contributed by atoms with van der Waals surface area (Å²) in [5.41, 5.74) is 8.16. The second kappa shape index (κ2) is 4.20. The van der Waals surface area contributed by atoms with Crippen LogP contribution in [0.1, 0.15) is 18.0 Å². The van der Waals surface area contributed by atoms with E-state index in [1.54, 1.807) is 0 Å². The van der Waals surface area contributed by atoms with E-state index in [4.69, 9.17) is 10.8 Å². The van der Waals surface area contributed by atoms with Crippen molar-refractivity contribution in [3.63, 3.8) is 0 Å². The first kappa shape index (κ1) is 11.4. The molecule has 0 spiro atoms. The Bertz CT molecular complexity index is 570. The minimum atomic E-state index is -0.552. The summed E-state index contributed by atoms with van der Waals surface area (Å²) in [5.74, 6) is 0.406. The van der Waals surface area contributed by atoms with Gasteiger partial charge in [0.2, 0.25) is 0 Å². The Hall–Kier alpha value is -1.70. The number of aromatic amines is 1. The zero-order chi connectivity index (χ0) is 12.7. The van der Waals surface area contributed by atoms with Crippen molar-refractivity contribution in [3.05, 3.63) is 18.1 Å². The van der Waals surface area contributed by atoms with E-state index in [0.29, 0.717) is 17.8 Å². The van der Waals surface area contributed by atoms with Crippen LogP contribution >= 0.6 is 0 Å². The summed E-state index contributed by atoms with van der Waals surface area (Å²) in [6.07, 6.45) is 3.23. The van der Waals surface area contributed by atoms with E-state index in [-0.39, 0.29) is 18.7 Å². The number of H-pyrrole nitrogens is 1. The summed E-state index contributed by atoms with van der Waals surface area (Å²) >= 11 is 0. The van der Waals surface area contributed by atoms with Crippen LogP contribution in [0.5, 0.6) is 0 Å². The normalized spacial score (nSPS) is 28.0. The van der Waals surface area contributed by atoms with Crippen LogP contribution in [0.3, 0.4) is 0 Å². The van der Waals surface area contributed by atoms with E-state index in [0.717, 1.165) is 11.1 Å². The first-order valence-electron chi connectivity index (χ1n) is 5.83. The molecule has 3 atom stereocenters. The molecule has 1 fully saturated rings. The van der Waals surface area contributed by atoms with Crippen molar-refractivity contribution in [1.29, 1.82) is 0 Å². The first-order valence-corrected chi connectivity index (χ1v) is 5.83. The van der Waals surface area contributed by atoms with Crippen LogP contribution in [0.25, 0.3) is 11.0 Å². The molecular weight excluding hydrogens is 234 g/mol. The third kappa shape index (κ3) is 1.64. The van der Waals surface area contributed by atoms with Crippen molar-refractivity contribution in [2.75, 3.05) is 12.3 Å². The zero-order valence-electron chi connectivity index (χ0n) is 9.67. The quantitative estimate of drug-likeness (QED) is 0.480. The fourth-order valence-corrected chi connectivity index (χ4v) is 2.48. The molecule has 1 aliphatic rings. The lowest BCUT2D eigenvalue weighted by Gasteiger charge is -2.11. The van der Waals surface area contributed by atoms with E-state index >= 15 is 0 Å². The van der Waals surface area contributed by atoms with Crippen molar-refractivity contribution in [2.24, 2.45) is 0 Å². The molecule has 1 aliphatic heterocycles. The summed E-state index contributed by atoms with van der Waals surface area (Å²) in [7, 11) is 0. The molecule has 2 aromatic rings. The van der Waals surface area contributed by atoms with Crippen LogP contribution in [0.4, 0.5) is 5.82 Å². The molecule has 0 radical (unpaired) electrons. The van der Waals surface area contributed by atoms with Gasteiger partial charge in [0.15, 0.2) is 5.82 Å². The Morgan fingerprint density at radius 1 is 1.44 bits per heavy atom. The molecule has 3 heterocycles. The number of nitrogen functional groups attached to an aromatic ring is 1. The Morgan fingerprint density at radius 2 is 2.28 bits per heavy atom. The predicted octanol–water partition coefficient (Wildman–Crippen LogP) is -0.704. The predicted molar refractivity (Wildman–Crippen MR) is 65.7 cm³/mol. The van der Waals surface area contributed by atoms with E-state index in [9.17, 15) is 5.11 Å². The van der Waals surface area contributed by atoms with Gasteiger partial charge in [-0.3, -0.25) is 0 Å². The lowest BCUT2D eigenvalue weighted by molar-refractivity contribution is 0.121. The summed E-state index contributed by atoms with van der Waals surface area (Å²) in [4.78, 5) is 11.2. The Kier molecular flexibility index (Phi) is 2.66. The third-order valence-electron chi connectivity index (χ3n) is 3.45. The highest BCUT2D eigenvalue weighted by atomic mass is 16.3. The number of nitrogens with zero attached hydrogens (tertiary/aromatic N) is 2. The van der Waals surface area contributed by atoms with Gasteiger partial charge in [-0.15, -0.1) is 0 Å². The molecular formula is C11H15N5O2. The van der Waals surface area contributed by atoms with Crippen LogP contribution < -0.4 is 11.1 Å². The number of rotatable bonds is 2. The highest BCUT2D eigenvalue weighted by Crippen LogP contribution is 2.31. The minimum Gasteiger partial charge on any atom is -0.395 e. The standard InChI is InChI=1S/C11H15N5O2/c12-11-10-9(14-4-15-11)5(2-13-10)6-1-8(18)7(3-17)16-6/h2,4,6-8,13,16-18H,1,3H2,(H2,12,14,15)/t6?,7?,8-/m0/s1. The third-order valence-corrected chi connectivity index (χ3v) is 3.45. The smallest absolute Gasteiger partial charge is 0.151 e. The van der Waals surface area contributed by atoms with Crippen molar-refractivity contribution in [1.82, 2.24) is 20.3 Å². The number of aliphatic hydroxyl groups excluding tert-OH is 2. The number of fused-ring (bicyclic) bond motifs is 1. The number of aromatic nitrogens is 3. The van der Waals surface area contributed by atoms with Gasteiger partial charge in [0.05, 0.1) is 24.3 Å². The Morgan fingerprint density at radius 3 is 3.00 bits per heavy atom. The van der Waals surface area contributed by atoms with Gasteiger partial charge < -0.3 is 26.2 Å². The van der Waals surface area contributed by atoms with Crippen molar-refractivity contribution >= 4 is 16.9 Å². The van der Waals surface area contributed by atoms with E-state index in [1.807, 2.05) is 6.20 Å². The molecule has 3 rings (SSSR count). The molecule has 7 nitrogen and oxygen atoms in total. The maximum atomic E-state index is 9.79. The molecule has 96 valence electrons. The fraction of sp³-hybridized carbons (Fsp3) is 0.455. The number of hydrogen-bond acceptors (Lipinski definition) is 6. The molecule has 7 heteroatoms. The van der Waals surface area contributed by atoms with Gasteiger partial charge in [0.25, 0.3) is 0 Å². The molecule has 0 saturated carbocycles. The average Bonchev–Trinajstić information content (AvgIpc) is 2.93. The van der Waals surface area contributed by atoms with Crippen LogP contribution in [-0.4, -0.2) is 43.9 Å². The lowest BCUT2D eigenvalue weighted by Crippen LogP contribution is -2.34. The molecule has 0 aromatic carbocycles. The molecule has 2 unspecified atom stereocenters. The van der Waals surface area contributed by atoms with E-state index in [2.05, 4.69) is 20.3 Å². The van der Waals surface area contributed by atoms with Crippen LogP contribution in [-0.2, 0) is 0 Å². The topological polar surface area (TPSA) is 120 Å². The lowest BCUT2D eigenvalue weighted by atomic mass is 10.1. The molecule has 2 aromatic heterocycles. The second-order valence-corrected chi connectivity index (χ2v) is 4.54. The van der Waals surface area contributed by atoms with Gasteiger partial charge in [-0.05, 0) is 6.42 Å². The maximum absolute atomic E-state index is 9.79. The van der Waals surface area contributed by atoms with E-state index < -0.39 is 6.10 Å². The van der Waals surface area contributed by atoms with Gasteiger partial charge in [-0.25, -0.2) is 9.97 Å². The fourth-order valence-electron chi connectivity index (χ4n) is 2.48. The summed E-state index contributed by atoms with van der Waals surface area (Å²) in [6.45, 7) is -0.0862. The molecule has 18 heavy (non-hydrogen) atoms. The van der Waals surface area contributed by atoms with Crippen molar-refractivity contribution in [2.45, 2.75) is 24.6 Å². The van der Waals surface area contributed by atoms with E-state index in [1.165, 1.54) is 6.33 Å². The zero-order valence-corrected chi connectivity index (χ0v) is 9.67. The molecule has 6 N–H and O–H groups in total. The van der Waals surface area contributed by atoms with Crippen LogP contribution in [0, 0.1) is 0 Å². The average molecular weight is 249 g/mol. The minimum absolute atomic E-state index is 0.0415. The summed E-state index contributed by atoms with van der Waals surface area (Å²) in [5, 5.41) is 22.1. The van der Waals surface area contributed by atoms with Crippen LogP contribution in [0.2, 0.25) is 0 Å². The maximum Gasteiger partial charge on any atom is 0.151 e. The molecule has 0 bridgehead atoms. The number of nitrogens with one attached hydrogen (secondary N) is 2. The van der Waals surface area contributed by atoms with Gasteiger partial charge in [-0.2, -0.15) is 0 Å². The number of anilines is 1. The molecule has 0 aliphatic carbocycles. The first-order chi connectivity index (χ1) is 8.70. The van der Waals surface area contributed by atoms with Gasteiger partial charge >= 0.3 is 0 Å². The van der Waals surface area contributed by atoms with Crippen LogP contribution in [0.15, 0.2) is 12.5 Å². The summed E-state index contributed by atoms with van der Waals surface area (Å²) in [6, 6.07) is -0.334. The number of aliphatic hydroxyl groups is 2. The molecule has 1 saturated heterocycles. The Labute approximate surface area is 103 Å². The molecule has 0 amide bonds. The highest BCUT2D eigenvalue weighted by Gasteiger charge is 2.34.